The van der Waals surface area contributed by atoms with Gasteiger partial charge in [0, 0.05) is 18.0 Å². The summed E-state index contributed by atoms with van der Waals surface area (Å²) in [5.41, 5.74) is 3.58. The second-order valence-electron chi connectivity index (χ2n) is 8.21. The molecular weight excluding hydrogens is 477 g/mol. The molecular formula is C26H23ClFNO6. The minimum Gasteiger partial charge on any atom is -0.478 e. The second-order valence-corrected chi connectivity index (χ2v) is 8.62. The van der Waals surface area contributed by atoms with Crippen LogP contribution in [0.2, 0.25) is 5.02 Å². The SMILES string of the molecule is O=C(NCCC(O)C(O)c1cc(Cl)c(C(=O)O)cc1F)OCC1c2ccccc2-c2ccccc21. The van der Waals surface area contributed by atoms with Crippen LogP contribution >= 0.6 is 11.6 Å². The Balaban J connectivity index is 1.30. The summed E-state index contributed by atoms with van der Waals surface area (Å²) in [6.07, 6.45) is -3.90. The van der Waals surface area contributed by atoms with Gasteiger partial charge in [0.25, 0.3) is 0 Å². The second kappa shape index (κ2) is 10.4. The molecule has 1 aliphatic rings. The van der Waals surface area contributed by atoms with E-state index in [1.807, 2.05) is 48.5 Å². The molecule has 0 heterocycles. The fourth-order valence-electron chi connectivity index (χ4n) is 4.29. The van der Waals surface area contributed by atoms with E-state index in [1.165, 1.54) is 0 Å². The quantitative estimate of drug-likeness (QED) is 0.362. The number of nitrogens with one attached hydrogen (secondary N) is 1. The van der Waals surface area contributed by atoms with E-state index in [1.54, 1.807) is 0 Å². The number of amides is 1. The third-order valence-corrected chi connectivity index (χ3v) is 6.37. The van der Waals surface area contributed by atoms with Gasteiger partial charge < -0.3 is 25.4 Å². The van der Waals surface area contributed by atoms with E-state index < -0.39 is 35.7 Å². The highest BCUT2D eigenvalue weighted by atomic mass is 35.5. The van der Waals surface area contributed by atoms with Gasteiger partial charge >= 0.3 is 12.1 Å². The van der Waals surface area contributed by atoms with Crippen LogP contribution < -0.4 is 5.32 Å². The fraction of sp³-hybridized carbons (Fsp3) is 0.231. The van der Waals surface area contributed by atoms with Crippen molar-refractivity contribution < 1.29 is 34.0 Å². The van der Waals surface area contributed by atoms with Crippen molar-refractivity contribution in [3.8, 4) is 11.1 Å². The molecule has 0 aromatic heterocycles. The Morgan fingerprint density at radius 3 is 2.23 bits per heavy atom. The normalized spacial score (nSPS) is 14.1. The molecule has 0 spiro atoms. The van der Waals surface area contributed by atoms with Crippen molar-refractivity contribution in [3.05, 3.63) is 93.8 Å². The van der Waals surface area contributed by atoms with Crippen molar-refractivity contribution in [2.45, 2.75) is 24.5 Å². The Kier molecular flexibility index (Phi) is 7.35. The molecule has 0 aliphatic heterocycles. The molecule has 2 unspecified atom stereocenters. The van der Waals surface area contributed by atoms with Gasteiger partial charge in [0.1, 0.15) is 18.5 Å². The van der Waals surface area contributed by atoms with Gasteiger partial charge in [-0.1, -0.05) is 60.1 Å². The number of halogens is 2. The van der Waals surface area contributed by atoms with Crippen LogP contribution in [0.1, 0.15) is 45.5 Å². The van der Waals surface area contributed by atoms with E-state index in [0.717, 1.165) is 28.3 Å². The molecule has 35 heavy (non-hydrogen) atoms. The van der Waals surface area contributed by atoms with Gasteiger partial charge in [-0.15, -0.1) is 0 Å². The van der Waals surface area contributed by atoms with Gasteiger partial charge in [0.2, 0.25) is 0 Å². The number of carbonyl (C=O) groups excluding carboxylic acids is 1. The molecule has 0 saturated carbocycles. The number of hydrogen-bond donors (Lipinski definition) is 4. The first-order valence-corrected chi connectivity index (χ1v) is 11.3. The molecule has 4 rings (SSSR count). The molecule has 7 nitrogen and oxygen atoms in total. The highest BCUT2D eigenvalue weighted by molar-refractivity contribution is 6.33. The Hall–Kier alpha value is -3.46. The van der Waals surface area contributed by atoms with Crippen LogP contribution in [-0.4, -0.2) is 46.6 Å². The van der Waals surface area contributed by atoms with Crippen LogP contribution in [-0.2, 0) is 4.74 Å². The fourth-order valence-corrected chi connectivity index (χ4v) is 4.54. The molecule has 3 aromatic carbocycles. The molecule has 0 bridgehead atoms. The summed E-state index contributed by atoms with van der Waals surface area (Å²) in [4.78, 5) is 23.3. The lowest BCUT2D eigenvalue weighted by molar-refractivity contribution is 0.0116. The number of carboxylic acids is 1. The minimum absolute atomic E-state index is 0.0442. The van der Waals surface area contributed by atoms with Gasteiger partial charge in [0.15, 0.2) is 0 Å². The zero-order valence-electron chi connectivity index (χ0n) is 18.4. The van der Waals surface area contributed by atoms with Crippen LogP contribution in [0.5, 0.6) is 0 Å². The average Bonchev–Trinajstić information content (AvgIpc) is 3.17. The topological polar surface area (TPSA) is 116 Å². The van der Waals surface area contributed by atoms with Gasteiger partial charge in [0.05, 0.1) is 16.7 Å². The number of aliphatic hydroxyl groups is 2. The Morgan fingerprint density at radius 1 is 1.03 bits per heavy atom. The lowest BCUT2D eigenvalue weighted by Gasteiger charge is -2.20. The molecule has 4 N–H and O–H groups in total. The summed E-state index contributed by atoms with van der Waals surface area (Å²) in [6, 6.07) is 17.5. The van der Waals surface area contributed by atoms with E-state index in [4.69, 9.17) is 21.4 Å². The molecule has 1 amide bonds. The standard InChI is InChI=1S/C26H23ClFNO6/c27-21-11-19(22(28)12-18(21)25(32)33)24(31)23(30)9-10-29-26(34)35-13-20-16-7-3-1-5-14(16)15-6-2-4-8-17(15)20/h1-8,11-12,20,23-24,30-31H,9-10,13H2,(H,29,34)(H,32,33). The lowest BCUT2D eigenvalue weighted by atomic mass is 9.98. The Bertz CT molecular complexity index is 1220. The molecule has 182 valence electrons. The van der Waals surface area contributed by atoms with Crippen molar-refractivity contribution >= 4 is 23.7 Å². The van der Waals surface area contributed by atoms with E-state index in [0.29, 0.717) is 6.07 Å². The highest BCUT2D eigenvalue weighted by Crippen LogP contribution is 2.44. The maximum absolute atomic E-state index is 14.2. The van der Waals surface area contributed by atoms with Gasteiger partial charge in [-0.25, -0.2) is 14.0 Å². The first kappa shape index (κ1) is 24.7. The van der Waals surface area contributed by atoms with Crippen LogP contribution in [0.3, 0.4) is 0 Å². The number of benzene rings is 3. The number of rotatable bonds is 8. The molecule has 1 aliphatic carbocycles. The van der Waals surface area contributed by atoms with Crippen molar-refractivity contribution in [2.24, 2.45) is 0 Å². The monoisotopic (exact) mass is 499 g/mol. The van der Waals surface area contributed by atoms with Gasteiger partial charge in [-0.2, -0.15) is 0 Å². The van der Waals surface area contributed by atoms with Gasteiger partial charge in [-0.05, 0) is 40.8 Å². The molecule has 3 aromatic rings. The highest BCUT2D eigenvalue weighted by Gasteiger charge is 2.29. The van der Waals surface area contributed by atoms with Crippen molar-refractivity contribution in [2.75, 3.05) is 13.2 Å². The third-order valence-electron chi connectivity index (χ3n) is 6.05. The predicted octanol–water partition coefficient (Wildman–Crippen LogP) is 4.50. The number of alkyl carbamates (subject to hydrolysis) is 1. The molecule has 0 radical (unpaired) electrons. The number of carbonyl (C=O) groups is 2. The first-order valence-electron chi connectivity index (χ1n) is 10.9. The number of hydrogen-bond acceptors (Lipinski definition) is 5. The zero-order valence-corrected chi connectivity index (χ0v) is 19.2. The summed E-state index contributed by atoms with van der Waals surface area (Å²) >= 11 is 5.83. The number of aromatic carboxylic acids is 1. The summed E-state index contributed by atoms with van der Waals surface area (Å²) in [7, 11) is 0. The molecule has 0 saturated heterocycles. The zero-order chi connectivity index (χ0) is 25.1. The Morgan fingerprint density at radius 2 is 1.63 bits per heavy atom. The molecule has 9 heteroatoms. The van der Waals surface area contributed by atoms with Crippen molar-refractivity contribution in [1.29, 1.82) is 0 Å². The third kappa shape index (κ3) is 5.14. The first-order chi connectivity index (χ1) is 16.8. The van der Waals surface area contributed by atoms with Gasteiger partial charge in [-0.3, -0.25) is 0 Å². The van der Waals surface area contributed by atoms with E-state index in [9.17, 15) is 24.2 Å². The minimum atomic E-state index is -1.67. The predicted molar refractivity (Wildman–Crippen MR) is 127 cm³/mol. The molecule has 2 atom stereocenters. The van der Waals surface area contributed by atoms with E-state index >= 15 is 0 Å². The van der Waals surface area contributed by atoms with E-state index in [2.05, 4.69) is 5.32 Å². The lowest BCUT2D eigenvalue weighted by Crippen LogP contribution is -2.31. The number of ether oxygens (including phenoxy) is 1. The number of aliphatic hydroxyl groups excluding tert-OH is 2. The number of carboxylic acid groups (broad SMARTS) is 1. The summed E-state index contributed by atoms with van der Waals surface area (Å²) < 4.78 is 19.6. The van der Waals surface area contributed by atoms with Crippen molar-refractivity contribution in [3.63, 3.8) is 0 Å². The maximum Gasteiger partial charge on any atom is 0.407 e. The maximum atomic E-state index is 14.2. The average molecular weight is 500 g/mol. The largest absolute Gasteiger partial charge is 0.478 e. The van der Waals surface area contributed by atoms with Crippen LogP contribution in [0.4, 0.5) is 9.18 Å². The van der Waals surface area contributed by atoms with Crippen molar-refractivity contribution in [1.82, 2.24) is 5.32 Å². The molecule has 0 fully saturated rings. The van der Waals surface area contributed by atoms with Crippen LogP contribution in [0.25, 0.3) is 11.1 Å². The van der Waals surface area contributed by atoms with Crippen LogP contribution in [0.15, 0.2) is 60.7 Å². The smallest absolute Gasteiger partial charge is 0.407 e. The summed E-state index contributed by atoms with van der Waals surface area (Å²) in [5, 5.41) is 31.7. The summed E-state index contributed by atoms with van der Waals surface area (Å²) in [5.74, 6) is -2.52. The van der Waals surface area contributed by atoms with Crippen LogP contribution in [0, 0.1) is 5.82 Å². The summed E-state index contributed by atoms with van der Waals surface area (Å²) in [6.45, 7) is 0.0855. The number of fused-ring (bicyclic) bond motifs is 3. The van der Waals surface area contributed by atoms with E-state index in [-0.39, 0.29) is 36.1 Å². The Labute approximate surface area is 205 Å².